The Kier molecular flexibility index (Phi) is 4.71. The smallest absolute Gasteiger partial charge is 0.230 e. The highest BCUT2D eigenvalue weighted by Crippen LogP contribution is 2.39. The predicted molar refractivity (Wildman–Crippen MR) is 78.4 cm³/mol. The van der Waals surface area contributed by atoms with Crippen molar-refractivity contribution in [2.45, 2.75) is 70.8 Å². The maximum absolute atomic E-state index is 5.81. The molecule has 1 heterocycles. The molecule has 0 bridgehead atoms. The fourth-order valence-electron chi connectivity index (χ4n) is 3.30. The molecule has 2 aliphatic rings. The molecule has 2 saturated carbocycles. The van der Waals surface area contributed by atoms with Crippen molar-refractivity contribution in [1.29, 1.82) is 0 Å². The summed E-state index contributed by atoms with van der Waals surface area (Å²) in [5.41, 5.74) is 0. The van der Waals surface area contributed by atoms with Gasteiger partial charge < -0.3 is 4.42 Å². The van der Waals surface area contributed by atoms with E-state index in [-0.39, 0.29) is 0 Å². The Morgan fingerprint density at radius 1 is 1.10 bits per heavy atom. The largest absolute Gasteiger partial charge is 0.424 e. The molecule has 0 unspecified atom stereocenters. The van der Waals surface area contributed by atoms with Gasteiger partial charge in [0.15, 0.2) is 0 Å². The first-order valence-corrected chi connectivity index (χ1v) is 8.39. The van der Waals surface area contributed by atoms with Gasteiger partial charge in [0.2, 0.25) is 11.8 Å². The lowest BCUT2D eigenvalue weighted by molar-refractivity contribution is 0.179. The van der Waals surface area contributed by atoms with Crippen LogP contribution in [0.2, 0.25) is 0 Å². The number of nitrogens with zero attached hydrogens (tertiary/aromatic N) is 3. The molecule has 0 aliphatic heterocycles. The lowest BCUT2D eigenvalue weighted by Gasteiger charge is -2.28. The topological polar surface area (TPSA) is 42.2 Å². The fourth-order valence-corrected chi connectivity index (χ4v) is 3.30. The molecule has 0 atom stereocenters. The maximum atomic E-state index is 5.81. The minimum Gasteiger partial charge on any atom is -0.424 e. The average molecular weight is 277 g/mol. The molecule has 0 radical (unpaired) electrons. The summed E-state index contributed by atoms with van der Waals surface area (Å²) in [7, 11) is 0. The standard InChI is InChI=1S/C16H27N3O/c1-2-10-19(11-13-6-4-3-5-7-13)12-15-17-18-16(20-15)14-8-9-14/h13-14H,2-12H2,1H3. The Bertz CT molecular complexity index is 408. The third kappa shape index (κ3) is 3.81. The van der Waals surface area contributed by atoms with Gasteiger partial charge >= 0.3 is 0 Å². The summed E-state index contributed by atoms with van der Waals surface area (Å²) >= 11 is 0. The summed E-state index contributed by atoms with van der Waals surface area (Å²) in [6.45, 7) is 5.42. The zero-order valence-electron chi connectivity index (χ0n) is 12.7. The van der Waals surface area contributed by atoms with Crippen LogP contribution < -0.4 is 0 Å². The zero-order valence-corrected chi connectivity index (χ0v) is 12.7. The van der Waals surface area contributed by atoms with E-state index >= 15 is 0 Å². The quantitative estimate of drug-likeness (QED) is 0.761. The Balaban J connectivity index is 1.54. The normalized spacial score (nSPS) is 20.7. The van der Waals surface area contributed by atoms with E-state index in [9.17, 15) is 0 Å². The lowest BCUT2D eigenvalue weighted by Crippen LogP contribution is -2.31. The molecule has 3 rings (SSSR count). The molecule has 0 aromatic carbocycles. The SMILES string of the molecule is CCCN(Cc1nnc(C2CC2)o1)CC1CCCCC1. The molecule has 0 amide bonds. The van der Waals surface area contributed by atoms with Crippen molar-refractivity contribution in [2.24, 2.45) is 5.92 Å². The van der Waals surface area contributed by atoms with E-state index < -0.39 is 0 Å². The van der Waals surface area contributed by atoms with Crippen LogP contribution in [0.5, 0.6) is 0 Å². The number of aromatic nitrogens is 2. The Hall–Kier alpha value is -0.900. The van der Waals surface area contributed by atoms with Gasteiger partial charge in [0.1, 0.15) is 0 Å². The second-order valence-electron chi connectivity index (χ2n) is 6.55. The third-order valence-corrected chi connectivity index (χ3v) is 4.55. The summed E-state index contributed by atoms with van der Waals surface area (Å²) in [5, 5.41) is 8.43. The molecule has 20 heavy (non-hydrogen) atoms. The molecule has 1 aromatic heterocycles. The van der Waals surface area contributed by atoms with Gasteiger partial charge in [-0.15, -0.1) is 10.2 Å². The summed E-state index contributed by atoms with van der Waals surface area (Å²) in [5.74, 6) is 3.13. The molecule has 2 fully saturated rings. The summed E-state index contributed by atoms with van der Waals surface area (Å²) < 4.78 is 5.81. The van der Waals surface area contributed by atoms with Crippen molar-refractivity contribution in [3.8, 4) is 0 Å². The van der Waals surface area contributed by atoms with Crippen molar-refractivity contribution in [3.05, 3.63) is 11.8 Å². The van der Waals surface area contributed by atoms with Crippen LogP contribution in [0.1, 0.15) is 76.0 Å². The first-order chi connectivity index (χ1) is 9.85. The van der Waals surface area contributed by atoms with Crippen molar-refractivity contribution in [2.75, 3.05) is 13.1 Å². The number of hydrogen-bond donors (Lipinski definition) is 0. The van der Waals surface area contributed by atoms with Gasteiger partial charge in [0.25, 0.3) is 0 Å². The summed E-state index contributed by atoms with van der Waals surface area (Å²) in [6.07, 6.45) is 10.7. The molecule has 0 N–H and O–H groups in total. The second-order valence-corrected chi connectivity index (χ2v) is 6.55. The monoisotopic (exact) mass is 277 g/mol. The van der Waals surface area contributed by atoms with Gasteiger partial charge in [-0.1, -0.05) is 26.2 Å². The van der Waals surface area contributed by atoms with Crippen LogP contribution in [-0.2, 0) is 6.54 Å². The molecule has 4 nitrogen and oxygen atoms in total. The van der Waals surface area contributed by atoms with E-state index in [2.05, 4.69) is 22.0 Å². The highest BCUT2D eigenvalue weighted by molar-refractivity contribution is 5.00. The van der Waals surface area contributed by atoms with Gasteiger partial charge in [0.05, 0.1) is 6.54 Å². The first-order valence-electron chi connectivity index (χ1n) is 8.39. The van der Waals surface area contributed by atoms with Gasteiger partial charge in [0, 0.05) is 12.5 Å². The second kappa shape index (κ2) is 6.70. The van der Waals surface area contributed by atoms with E-state index in [0.29, 0.717) is 5.92 Å². The fraction of sp³-hybridized carbons (Fsp3) is 0.875. The Morgan fingerprint density at radius 2 is 1.90 bits per heavy atom. The summed E-state index contributed by atoms with van der Waals surface area (Å²) in [4.78, 5) is 2.51. The van der Waals surface area contributed by atoms with Gasteiger partial charge in [-0.3, -0.25) is 4.90 Å². The van der Waals surface area contributed by atoms with Crippen molar-refractivity contribution < 1.29 is 4.42 Å². The molecule has 0 saturated heterocycles. The van der Waals surface area contributed by atoms with Crippen molar-refractivity contribution >= 4 is 0 Å². The van der Waals surface area contributed by atoms with E-state index in [4.69, 9.17) is 4.42 Å². The average Bonchev–Trinajstić information content (AvgIpc) is 3.21. The number of hydrogen-bond acceptors (Lipinski definition) is 4. The van der Waals surface area contributed by atoms with Crippen LogP contribution in [0.4, 0.5) is 0 Å². The van der Waals surface area contributed by atoms with Crippen molar-refractivity contribution in [1.82, 2.24) is 15.1 Å². The molecule has 112 valence electrons. The Morgan fingerprint density at radius 3 is 2.60 bits per heavy atom. The van der Waals surface area contributed by atoms with E-state index in [0.717, 1.165) is 30.8 Å². The zero-order chi connectivity index (χ0) is 13.8. The van der Waals surface area contributed by atoms with Crippen molar-refractivity contribution in [3.63, 3.8) is 0 Å². The van der Waals surface area contributed by atoms with Crippen LogP contribution >= 0.6 is 0 Å². The molecular formula is C16H27N3O. The van der Waals surface area contributed by atoms with E-state index in [1.54, 1.807) is 0 Å². The van der Waals surface area contributed by atoms with Gasteiger partial charge in [-0.25, -0.2) is 0 Å². The van der Waals surface area contributed by atoms with E-state index in [1.807, 2.05) is 0 Å². The highest BCUT2D eigenvalue weighted by Gasteiger charge is 2.29. The third-order valence-electron chi connectivity index (χ3n) is 4.55. The van der Waals surface area contributed by atoms with Gasteiger partial charge in [-0.05, 0) is 44.6 Å². The predicted octanol–water partition coefficient (Wildman–Crippen LogP) is 3.74. The molecule has 2 aliphatic carbocycles. The van der Waals surface area contributed by atoms with Crippen LogP contribution in [0, 0.1) is 5.92 Å². The first kappa shape index (κ1) is 14.1. The van der Waals surface area contributed by atoms with Crippen LogP contribution in [0.25, 0.3) is 0 Å². The minimum atomic E-state index is 0.564. The number of rotatable bonds is 7. The molecular weight excluding hydrogens is 250 g/mol. The van der Waals surface area contributed by atoms with E-state index in [1.165, 1.54) is 57.9 Å². The lowest BCUT2D eigenvalue weighted by atomic mass is 9.89. The molecule has 0 spiro atoms. The minimum absolute atomic E-state index is 0.564. The highest BCUT2D eigenvalue weighted by atomic mass is 16.4. The maximum Gasteiger partial charge on any atom is 0.230 e. The van der Waals surface area contributed by atoms with Crippen LogP contribution in [0.15, 0.2) is 4.42 Å². The van der Waals surface area contributed by atoms with Gasteiger partial charge in [-0.2, -0.15) is 0 Å². The Labute approximate surface area is 121 Å². The molecule has 4 heteroatoms. The molecule has 1 aromatic rings. The van der Waals surface area contributed by atoms with Crippen LogP contribution in [0.3, 0.4) is 0 Å². The summed E-state index contributed by atoms with van der Waals surface area (Å²) in [6, 6.07) is 0. The van der Waals surface area contributed by atoms with Crippen LogP contribution in [-0.4, -0.2) is 28.2 Å².